The van der Waals surface area contributed by atoms with Gasteiger partial charge in [-0.1, -0.05) is 23.5 Å². The van der Waals surface area contributed by atoms with Gasteiger partial charge in [0.25, 0.3) is 0 Å². The van der Waals surface area contributed by atoms with E-state index in [2.05, 4.69) is 0 Å². The van der Waals surface area contributed by atoms with Gasteiger partial charge in [0, 0.05) is 12.8 Å². The molecule has 154 valence electrons. The van der Waals surface area contributed by atoms with Crippen molar-refractivity contribution in [3.63, 3.8) is 0 Å². The van der Waals surface area contributed by atoms with Crippen LogP contribution < -0.4 is 9.80 Å². The van der Waals surface area contributed by atoms with Crippen LogP contribution in [0.3, 0.4) is 0 Å². The van der Waals surface area contributed by atoms with E-state index in [9.17, 15) is 14.4 Å². The highest BCUT2D eigenvalue weighted by Crippen LogP contribution is 2.30. The van der Waals surface area contributed by atoms with E-state index < -0.39 is 0 Å². The first-order valence-corrected chi connectivity index (χ1v) is 10.8. The number of anilines is 1. The number of likely N-dealkylation sites (tertiary alicyclic amines) is 1. The maximum Gasteiger partial charge on any atom is 0.249 e. The third-order valence-electron chi connectivity index (χ3n) is 5.48. The normalized spacial score (nSPS) is 18.0. The Hall–Kier alpha value is -2.36. The van der Waals surface area contributed by atoms with Gasteiger partial charge in [-0.25, -0.2) is 4.98 Å². The molecule has 2 aliphatic heterocycles. The van der Waals surface area contributed by atoms with Gasteiger partial charge in [0.2, 0.25) is 17.7 Å². The van der Waals surface area contributed by atoms with Gasteiger partial charge in [-0.2, -0.15) is 0 Å². The summed E-state index contributed by atoms with van der Waals surface area (Å²) in [4.78, 5) is 45.9. The van der Waals surface area contributed by atoms with Gasteiger partial charge in [0.05, 0.1) is 36.5 Å². The number of imide groups is 1. The van der Waals surface area contributed by atoms with Gasteiger partial charge in [-0.05, 0) is 18.6 Å². The number of ether oxygens (including phenoxy) is 1. The van der Waals surface area contributed by atoms with E-state index in [1.807, 2.05) is 25.1 Å². The Balaban J connectivity index is 1.56. The Morgan fingerprint density at radius 1 is 1.24 bits per heavy atom. The summed E-state index contributed by atoms with van der Waals surface area (Å²) in [5.41, 5.74) is 1.94. The number of rotatable bonds is 6. The number of nitrogens with one attached hydrogen (secondary N) is 1. The molecule has 29 heavy (non-hydrogen) atoms. The van der Waals surface area contributed by atoms with Gasteiger partial charge in [0.1, 0.15) is 19.6 Å². The zero-order valence-electron chi connectivity index (χ0n) is 16.5. The number of para-hydroxylation sites is 1. The zero-order valence-corrected chi connectivity index (χ0v) is 17.3. The lowest BCUT2D eigenvalue weighted by molar-refractivity contribution is -0.906. The van der Waals surface area contributed by atoms with Crippen LogP contribution in [0.5, 0.6) is 0 Å². The topological polar surface area (TPSA) is 84.3 Å². The molecular weight excluding hydrogens is 392 g/mol. The molecule has 9 heteroatoms. The summed E-state index contributed by atoms with van der Waals surface area (Å²) in [6.45, 7) is 6.30. The number of morpholine rings is 1. The molecule has 1 N–H and O–H groups in total. The molecule has 3 amide bonds. The second kappa shape index (κ2) is 8.56. The van der Waals surface area contributed by atoms with Crippen molar-refractivity contribution >= 4 is 44.4 Å². The van der Waals surface area contributed by atoms with Gasteiger partial charge in [-0.3, -0.25) is 24.2 Å². The summed E-state index contributed by atoms with van der Waals surface area (Å²) in [6, 6.07) is 5.97. The number of nitrogens with zero attached hydrogens (tertiary/aromatic N) is 3. The number of aromatic nitrogens is 1. The SMILES string of the molecule is Cc1cccc2sc(N(CC[NH+]3CCOCC3)C(=O)CN3C(=O)CCC3=O)nc12. The minimum Gasteiger partial charge on any atom is -0.370 e. The van der Waals surface area contributed by atoms with Crippen molar-refractivity contribution < 1.29 is 24.0 Å². The number of hydrogen-bond donors (Lipinski definition) is 1. The quantitative estimate of drug-likeness (QED) is 0.669. The van der Waals surface area contributed by atoms with E-state index in [0.717, 1.165) is 53.5 Å². The van der Waals surface area contributed by atoms with Crippen molar-refractivity contribution in [2.24, 2.45) is 0 Å². The van der Waals surface area contributed by atoms with E-state index in [0.29, 0.717) is 11.7 Å². The second-order valence-corrected chi connectivity index (χ2v) is 8.46. The van der Waals surface area contributed by atoms with Crippen molar-refractivity contribution in [1.29, 1.82) is 0 Å². The highest BCUT2D eigenvalue weighted by molar-refractivity contribution is 7.22. The van der Waals surface area contributed by atoms with Gasteiger partial charge in [0.15, 0.2) is 5.13 Å². The van der Waals surface area contributed by atoms with Gasteiger partial charge in [-0.15, -0.1) is 0 Å². The lowest BCUT2D eigenvalue weighted by atomic mass is 10.2. The molecule has 0 saturated carbocycles. The fourth-order valence-electron chi connectivity index (χ4n) is 3.72. The van der Waals surface area contributed by atoms with Crippen LogP contribution in [0, 0.1) is 6.92 Å². The van der Waals surface area contributed by atoms with Gasteiger partial charge < -0.3 is 9.64 Å². The Bertz CT molecular complexity index is 922. The van der Waals surface area contributed by atoms with E-state index in [-0.39, 0.29) is 37.1 Å². The number of carbonyl (C=O) groups excluding carboxylic acids is 3. The van der Waals surface area contributed by atoms with E-state index >= 15 is 0 Å². The van der Waals surface area contributed by atoms with E-state index in [4.69, 9.17) is 9.72 Å². The van der Waals surface area contributed by atoms with Crippen LogP contribution in [0.2, 0.25) is 0 Å². The summed E-state index contributed by atoms with van der Waals surface area (Å²) < 4.78 is 6.43. The minimum atomic E-state index is -0.276. The molecule has 4 rings (SSSR count). The number of hydrogen-bond acceptors (Lipinski definition) is 6. The first kappa shape index (κ1) is 19.9. The third-order valence-corrected chi connectivity index (χ3v) is 6.52. The average molecular weight is 418 g/mol. The monoisotopic (exact) mass is 417 g/mol. The third kappa shape index (κ3) is 4.31. The van der Waals surface area contributed by atoms with Crippen molar-refractivity contribution in [1.82, 2.24) is 9.88 Å². The summed E-state index contributed by atoms with van der Waals surface area (Å²) >= 11 is 1.47. The predicted octanol–water partition coefficient (Wildman–Crippen LogP) is 0.00182. The van der Waals surface area contributed by atoms with Gasteiger partial charge >= 0.3 is 0 Å². The standard InChI is InChI=1S/C20H24N4O4S/c1-14-3-2-4-15-19(14)21-20(29-15)23(8-7-22-9-11-28-12-10-22)18(27)13-24-16(25)5-6-17(24)26/h2-4H,5-13H2,1H3/p+1. The maximum atomic E-state index is 13.1. The molecular formula is C20H25N4O4S+. The fraction of sp³-hybridized carbons (Fsp3) is 0.500. The summed E-state index contributed by atoms with van der Waals surface area (Å²) in [5, 5.41) is 0.617. The van der Waals surface area contributed by atoms with Crippen LogP contribution in [0.15, 0.2) is 18.2 Å². The molecule has 0 bridgehead atoms. The first-order chi connectivity index (χ1) is 14.0. The van der Waals surface area contributed by atoms with Crippen molar-refractivity contribution in [2.45, 2.75) is 19.8 Å². The summed E-state index contributed by atoms with van der Waals surface area (Å²) in [5.74, 6) is -0.817. The average Bonchev–Trinajstić information content (AvgIpc) is 3.28. The molecule has 3 heterocycles. The molecule has 0 radical (unpaired) electrons. The molecule has 0 unspecified atom stereocenters. The molecule has 2 fully saturated rings. The van der Waals surface area contributed by atoms with Crippen molar-refractivity contribution in [3.05, 3.63) is 23.8 Å². The minimum absolute atomic E-state index is 0.185. The maximum absolute atomic E-state index is 13.1. The molecule has 1 aromatic carbocycles. The van der Waals surface area contributed by atoms with Crippen LogP contribution in [0.4, 0.5) is 5.13 Å². The number of benzene rings is 1. The summed E-state index contributed by atoms with van der Waals surface area (Å²) in [7, 11) is 0. The largest absolute Gasteiger partial charge is 0.370 e. The number of amides is 3. The Morgan fingerprint density at radius 3 is 2.66 bits per heavy atom. The highest BCUT2D eigenvalue weighted by atomic mass is 32.1. The predicted molar refractivity (Wildman–Crippen MR) is 109 cm³/mol. The van der Waals surface area contributed by atoms with Crippen LogP contribution in [0.25, 0.3) is 10.2 Å². The Labute approximate surface area is 173 Å². The fourth-order valence-corrected chi connectivity index (χ4v) is 4.80. The number of aryl methyl sites for hydroxylation is 1. The van der Waals surface area contributed by atoms with E-state index in [1.54, 1.807) is 4.90 Å². The zero-order chi connectivity index (χ0) is 20.4. The van der Waals surface area contributed by atoms with E-state index in [1.165, 1.54) is 16.2 Å². The Morgan fingerprint density at radius 2 is 1.97 bits per heavy atom. The summed E-state index contributed by atoms with van der Waals surface area (Å²) in [6.07, 6.45) is 0.370. The molecule has 2 aromatic rings. The van der Waals surface area contributed by atoms with Crippen molar-refractivity contribution in [3.8, 4) is 0 Å². The van der Waals surface area contributed by atoms with Crippen LogP contribution in [-0.4, -0.2) is 73.5 Å². The second-order valence-electron chi connectivity index (χ2n) is 7.45. The molecule has 0 aliphatic carbocycles. The lowest BCUT2D eigenvalue weighted by Gasteiger charge is -2.27. The van der Waals surface area contributed by atoms with Crippen LogP contribution in [0.1, 0.15) is 18.4 Å². The highest BCUT2D eigenvalue weighted by Gasteiger charge is 2.33. The lowest BCUT2D eigenvalue weighted by Crippen LogP contribution is -3.14. The number of thiazole rings is 1. The molecule has 8 nitrogen and oxygen atoms in total. The molecule has 0 spiro atoms. The number of carbonyl (C=O) groups is 3. The molecule has 0 atom stereocenters. The molecule has 2 saturated heterocycles. The van der Waals surface area contributed by atoms with Crippen LogP contribution in [-0.2, 0) is 19.1 Å². The number of quaternary nitrogens is 1. The van der Waals surface area contributed by atoms with Crippen molar-refractivity contribution in [2.75, 3.05) is 50.8 Å². The first-order valence-electron chi connectivity index (χ1n) is 9.94. The molecule has 1 aromatic heterocycles. The molecule has 2 aliphatic rings. The Kier molecular flexibility index (Phi) is 5.89. The number of fused-ring (bicyclic) bond motifs is 1. The van der Waals surface area contributed by atoms with Crippen LogP contribution >= 0.6 is 11.3 Å². The smallest absolute Gasteiger partial charge is 0.249 e.